The number of fused-ring (bicyclic) bond motifs is 1. The third-order valence-electron chi connectivity index (χ3n) is 8.66. The second kappa shape index (κ2) is 11.5. The minimum Gasteiger partial charge on any atom is -0.327 e. The van der Waals surface area contributed by atoms with Crippen molar-refractivity contribution in [1.82, 2.24) is 13.9 Å². The Morgan fingerprint density at radius 3 is 1.88 bits per heavy atom. The van der Waals surface area contributed by atoms with Crippen molar-refractivity contribution in [3.8, 4) is 0 Å². The van der Waals surface area contributed by atoms with E-state index >= 15 is 0 Å². The second-order valence-electron chi connectivity index (χ2n) is 11.3. The Bertz CT molecular complexity index is 1630. The second-order valence-corrected chi connectivity index (χ2v) is 14.1. The number of halogens is 5. The normalized spacial score (nSPS) is 17.7. The molecular formula is C31H30Cl2F3N3O2S. The van der Waals surface area contributed by atoms with Crippen LogP contribution in [0.3, 0.4) is 0 Å². The van der Waals surface area contributed by atoms with Crippen molar-refractivity contribution in [1.29, 1.82) is 0 Å². The maximum atomic E-state index is 13.1. The highest BCUT2D eigenvalue weighted by Gasteiger charge is 2.50. The zero-order valence-corrected chi connectivity index (χ0v) is 25.0. The topological polar surface area (TPSA) is 55.2 Å². The fraction of sp³-hybridized carbons (Fsp3) is 0.387. The number of sulfonamides is 1. The zero-order valence-electron chi connectivity index (χ0n) is 22.7. The van der Waals surface area contributed by atoms with E-state index in [0.29, 0.717) is 39.7 Å². The highest BCUT2D eigenvalue weighted by molar-refractivity contribution is 7.90. The zero-order chi connectivity index (χ0) is 29.6. The number of rotatable bonds is 7. The van der Waals surface area contributed by atoms with E-state index in [1.165, 1.54) is 0 Å². The van der Waals surface area contributed by atoms with Gasteiger partial charge in [-0.3, -0.25) is 0 Å². The summed E-state index contributed by atoms with van der Waals surface area (Å²) in [5, 5.41) is 1.31. The molecule has 1 aliphatic heterocycles. The molecule has 222 valence electrons. The average Bonchev–Trinajstić information content (AvgIpc) is 3.26. The van der Waals surface area contributed by atoms with E-state index in [2.05, 4.69) is 16.7 Å². The van der Waals surface area contributed by atoms with E-state index in [1.54, 1.807) is 0 Å². The van der Waals surface area contributed by atoms with Crippen LogP contribution in [-0.2, 0) is 16.6 Å². The van der Waals surface area contributed by atoms with Crippen LogP contribution in [0.15, 0.2) is 66.7 Å². The predicted molar refractivity (Wildman–Crippen MR) is 159 cm³/mol. The molecule has 11 heteroatoms. The van der Waals surface area contributed by atoms with Crippen LogP contribution in [-0.4, -0.2) is 40.9 Å². The van der Waals surface area contributed by atoms with Gasteiger partial charge in [0.2, 0.25) is 0 Å². The Morgan fingerprint density at radius 2 is 1.38 bits per heavy atom. The predicted octanol–water partition coefficient (Wildman–Crippen LogP) is 8.35. The summed E-state index contributed by atoms with van der Waals surface area (Å²) >= 11 is 12.4. The Labute approximate surface area is 253 Å². The lowest BCUT2D eigenvalue weighted by Crippen LogP contribution is -2.45. The van der Waals surface area contributed by atoms with Gasteiger partial charge in [0.15, 0.2) is 0 Å². The molecule has 1 saturated heterocycles. The summed E-state index contributed by atoms with van der Waals surface area (Å²) in [6.07, 6.45) is 3.96. The first-order valence-electron chi connectivity index (χ1n) is 14.1. The molecule has 0 bridgehead atoms. The molecule has 42 heavy (non-hydrogen) atoms. The van der Waals surface area contributed by atoms with Crippen molar-refractivity contribution in [2.45, 2.75) is 56.0 Å². The van der Waals surface area contributed by atoms with Gasteiger partial charge in [0, 0.05) is 41.5 Å². The van der Waals surface area contributed by atoms with Crippen LogP contribution in [0, 0.1) is 5.92 Å². The van der Waals surface area contributed by atoms with Crippen LogP contribution >= 0.6 is 23.2 Å². The quantitative estimate of drug-likeness (QED) is 0.192. The van der Waals surface area contributed by atoms with Gasteiger partial charge in [-0.15, -0.1) is 0 Å². The lowest BCUT2D eigenvalue weighted by atomic mass is 9.84. The number of imidazole rings is 1. The van der Waals surface area contributed by atoms with Gasteiger partial charge in [0.05, 0.1) is 11.0 Å². The molecule has 0 radical (unpaired) electrons. The molecule has 4 aromatic rings. The molecule has 0 atom stereocenters. The van der Waals surface area contributed by atoms with Gasteiger partial charge >= 0.3 is 15.5 Å². The van der Waals surface area contributed by atoms with Gasteiger partial charge in [-0.25, -0.2) is 13.4 Å². The first-order valence-corrected chi connectivity index (χ1v) is 16.3. The number of alkyl halides is 3. The van der Waals surface area contributed by atoms with E-state index in [4.69, 9.17) is 28.2 Å². The summed E-state index contributed by atoms with van der Waals surface area (Å²) in [6, 6.07) is 21.9. The monoisotopic (exact) mass is 635 g/mol. The highest BCUT2D eigenvalue weighted by atomic mass is 35.5. The minimum atomic E-state index is -5.31. The Balaban J connectivity index is 1.36. The van der Waals surface area contributed by atoms with E-state index in [1.807, 2.05) is 54.6 Å². The Kier molecular flexibility index (Phi) is 8.06. The van der Waals surface area contributed by atoms with Gasteiger partial charge in [0.1, 0.15) is 5.82 Å². The maximum absolute atomic E-state index is 13.1. The van der Waals surface area contributed by atoms with Crippen molar-refractivity contribution in [2.24, 2.45) is 5.92 Å². The standard InChI is InChI=1S/C31H30Cl2F3N3O2S/c32-25-9-4-21(5-10-25)29(22-6-11-26(33)12-7-22)24-8-13-27-28(18-24)39(30(37-27)23-2-1-3-23)19-20-14-16-38(17-15-20)42(40,41)31(34,35)36/h4-13,18,20,23,29H,1-3,14-17,19H2. The molecule has 0 unspecified atom stereocenters. The molecule has 1 aliphatic carbocycles. The number of hydrogen-bond acceptors (Lipinski definition) is 3. The Morgan fingerprint density at radius 1 is 0.833 bits per heavy atom. The lowest BCUT2D eigenvalue weighted by Gasteiger charge is -2.33. The molecule has 0 spiro atoms. The fourth-order valence-corrected chi connectivity index (χ4v) is 7.37. The van der Waals surface area contributed by atoms with Crippen molar-refractivity contribution in [2.75, 3.05) is 13.1 Å². The smallest absolute Gasteiger partial charge is 0.327 e. The molecule has 5 nitrogen and oxygen atoms in total. The van der Waals surface area contributed by atoms with Gasteiger partial charge in [0.25, 0.3) is 0 Å². The van der Waals surface area contributed by atoms with Crippen molar-refractivity contribution in [3.63, 3.8) is 0 Å². The van der Waals surface area contributed by atoms with E-state index in [-0.39, 0.29) is 24.9 Å². The fourth-order valence-electron chi connectivity index (χ4n) is 6.13. The SMILES string of the molecule is O=S(=O)(N1CCC(Cn2c(C3CCC3)nc3ccc(C(c4ccc(Cl)cc4)c4ccc(Cl)cc4)cc32)CC1)C(F)(F)F. The van der Waals surface area contributed by atoms with Crippen LogP contribution in [0.5, 0.6) is 0 Å². The molecule has 0 amide bonds. The summed E-state index contributed by atoms with van der Waals surface area (Å²) in [7, 11) is -5.31. The molecule has 1 aromatic heterocycles. The molecule has 3 aromatic carbocycles. The summed E-state index contributed by atoms with van der Waals surface area (Å²) < 4.78 is 66.0. The first kappa shape index (κ1) is 29.5. The highest BCUT2D eigenvalue weighted by Crippen LogP contribution is 2.40. The average molecular weight is 637 g/mol. The van der Waals surface area contributed by atoms with E-state index in [9.17, 15) is 21.6 Å². The third-order valence-corrected chi connectivity index (χ3v) is 10.8. The summed E-state index contributed by atoms with van der Waals surface area (Å²) in [5.41, 5.74) is -0.205. The van der Waals surface area contributed by atoms with Crippen molar-refractivity contribution in [3.05, 3.63) is 99.3 Å². The van der Waals surface area contributed by atoms with Gasteiger partial charge in [-0.2, -0.15) is 17.5 Å². The van der Waals surface area contributed by atoms with Crippen LogP contribution in [0.1, 0.15) is 66.5 Å². The molecule has 6 rings (SSSR count). The van der Waals surface area contributed by atoms with Crippen LogP contribution in [0.25, 0.3) is 11.0 Å². The molecule has 0 N–H and O–H groups in total. The lowest BCUT2D eigenvalue weighted by molar-refractivity contribution is -0.0497. The van der Waals surface area contributed by atoms with Crippen LogP contribution in [0.2, 0.25) is 10.0 Å². The minimum absolute atomic E-state index is 0.0351. The third kappa shape index (κ3) is 5.68. The molecular weight excluding hydrogens is 606 g/mol. The summed E-state index contributed by atoms with van der Waals surface area (Å²) in [5.74, 6) is 1.30. The van der Waals surface area contributed by atoms with E-state index < -0.39 is 15.5 Å². The van der Waals surface area contributed by atoms with Crippen molar-refractivity contribution >= 4 is 44.3 Å². The van der Waals surface area contributed by atoms with Crippen molar-refractivity contribution < 1.29 is 21.6 Å². The van der Waals surface area contributed by atoms with Gasteiger partial charge in [-0.05, 0) is 84.7 Å². The summed E-state index contributed by atoms with van der Waals surface area (Å²) in [6.45, 7) is 0.301. The van der Waals surface area contributed by atoms with Crippen LogP contribution < -0.4 is 0 Å². The summed E-state index contributed by atoms with van der Waals surface area (Å²) in [4.78, 5) is 5.03. The molecule has 2 heterocycles. The number of hydrogen-bond donors (Lipinski definition) is 0. The first-order chi connectivity index (χ1) is 20.0. The van der Waals surface area contributed by atoms with Gasteiger partial charge in [-0.1, -0.05) is 60.0 Å². The van der Waals surface area contributed by atoms with Gasteiger partial charge < -0.3 is 4.57 Å². The number of aromatic nitrogens is 2. The maximum Gasteiger partial charge on any atom is 0.511 e. The number of nitrogens with zero attached hydrogens (tertiary/aromatic N) is 3. The van der Waals surface area contributed by atoms with E-state index in [0.717, 1.165) is 52.8 Å². The van der Waals surface area contributed by atoms with Crippen LogP contribution in [0.4, 0.5) is 13.2 Å². The number of piperidine rings is 1. The Hall–Kier alpha value is -2.59. The molecule has 1 saturated carbocycles. The molecule has 2 fully saturated rings. The largest absolute Gasteiger partial charge is 0.511 e. The molecule has 2 aliphatic rings. The number of benzene rings is 3.